The summed E-state index contributed by atoms with van der Waals surface area (Å²) in [5.74, 6) is -5.13. The minimum atomic E-state index is -1.42. The predicted molar refractivity (Wildman–Crippen MR) is 75.1 cm³/mol. The zero-order chi connectivity index (χ0) is 17.4. The number of aliphatic carboxylic acids is 2. The SMILES string of the molecule is O.O.O=C1O[C@H]([C@@H](O)CO)C(O)=C1O.[Mn].[NH-][C@@H](CCC(=O)O)C(=O)O. The second-order valence-corrected chi connectivity index (χ2v) is 4.13. The van der Waals surface area contributed by atoms with Crippen molar-refractivity contribution in [2.75, 3.05) is 6.61 Å². The molecular formula is C11H20MnNO12-. The van der Waals surface area contributed by atoms with Crippen LogP contribution in [0.15, 0.2) is 11.5 Å². The van der Waals surface area contributed by atoms with E-state index in [1.165, 1.54) is 0 Å². The first-order valence-electron chi connectivity index (χ1n) is 5.89. The van der Waals surface area contributed by atoms with Crippen LogP contribution in [-0.2, 0) is 36.2 Å². The second-order valence-electron chi connectivity index (χ2n) is 4.13. The summed E-state index contributed by atoms with van der Waals surface area (Å²) in [6, 6.07) is -1.31. The van der Waals surface area contributed by atoms with Crippen LogP contribution in [0.3, 0.4) is 0 Å². The largest absolute Gasteiger partial charge is 0.665 e. The molecule has 0 fully saturated rings. The zero-order valence-corrected chi connectivity index (χ0v) is 13.7. The van der Waals surface area contributed by atoms with Gasteiger partial charge in [0, 0.05) is 23.5 Å². The van der Waals surface area contributed by atoms with Gasteiger partial charge in [0.05, 0.1) is 6.61 Å². The van der Waals surface area contributed by atoms with E-state index < -0.39 is 54.3 Å². The van der Waals surface area contributed by atoms with Gasteiger partial charge in [0.15, 0.2) is 11.9 Å². The fourth-order valence-electron chi connectivity index (χ4n) is 1.21. The molecule has 25 heavy (non-hydrogen) atoms. The van der Waals surface area contributed by atoms with Crippen LogP contribution in [0.1, 0.15) is 12.8 Å². The molecule has 1 radical (unpaired) electrons. The van der Waals surface area contributed by atoms with Crippen molar-refractivity contribution in [1.29, 1.82) is 0 Å². The van der Waals surface area contributed by atoms with E-state index in [2.05, 4.69) is 4.74 Å². The van der Waals surface area contributed by atoms with Crippen LogP contribution in [0.4, 0.5) is 0 Å². The van der Waals surface area contributed by atoms with Gasteiger partial charge in [-0.3, -0.25) is 9.59 Å². The first-order chi connectivity index (χ1) is 10.1. The van der Waals surface area contributed by atoms with E-state index in [-0.39, 0.29) is 40.9 Å². The van der Waals surface area contributed by atoms with Gasteiger partial charge < -0.3 is 52.1 Å². The van der Waals surface area contributed by atoms with Crippen molar-refractivity contribution in [1.82, 2.24) is 0 Å². The number of hydrogen-bond acceptors (Lipinski definition) is 8. The van der Waals surface area contributed by atoms with Crippen molar-refractivity contribution in [3.8, 4) is 0 Å². The molecule has 0 unspecified atom stereocenters. The van der Waals surface area contributed by atoms with Crippen molar-refractivity contribution < 1.29 is 77.8 Å². The van der Waals surface area contributed by atoms with Gasteiger partial charge in [-0.15, -0.1) is 0 Å². The Labute approximate surface area is 151 Å². The monoisotopic (exact) mass is 413 g/mol. The third-order valence-electron chi connectivity index (χ3n) is 2.42. The first kappa shape index (κ1) is 30.9. The molecular weight excluding hydrogens is 393 g/mol. The number of carboxylic acids is 2. The summed E-state index contributed by atoms with van der Waals surface area (Å²) in [4.78, 5) is 30.3. The molecule has 0 saturated heterocycles. The van der Waals surface area contributed by atoms with E-state index in [9.17, 15) is 14.4 Å². The Kier molecular flexibility index (Phi) is 17.8. The van der Waals surface area contributed by atoms with Gasteiger partial charge >= 0.3 is 11.9 Å². The van der Waals surface area contributed by atoms with E-state index in [4.69, 9.17) is 36.4 Å². The summed E-state index contributed by atoms with van der Waals surface area (Å²) in [6.07, 6.45) is -3.17. The molecule has 1 heterocycles. The van der Waals surface area contributed by atoms with Gasteiger partial charge in [-0.25, -0.2) is 4.79 Å². The van der Waals surface area contributed by atoms with Crippen molar-refractivity contribution >= 4 is 17.9 Å². The average Bonchev–Trinajstić information content (AvgIpc) is 2.72. The van der Waals surface area contributed by atoms with E-state index in [1.54, 1.807) is 0 Å². The maximum absolute atomic E-state index is 10.5. The quantitative estimate of drug-likeness (QED) is 0.193. The van der Waals surface area contributed by atoms with E-state index in [0.29, 0.717) is 0 Å². The standard InChI is InChI=1S/C6H8O6.C5H8NO4.Mn.2H2O/c7-1-2(8)5-3(9)4(10)6(11)12-5;6-3(5(9)10)1-2-4(7)8;;;/h2,5,7-10H,1H2;3,6H,1-2H2,(H,7,8)(H,9,10);;2*1H2/q;-1;;;/t2-,5+;3-;;;/m00.../s1. The number of nitrogens with one attached hydrogen (secondary N) is 1. The molecule has 11 N–H and O–H groups in total. The topological polar surface area (TPSA) is 269 Å². The number of hydrogen-bond donors (Lipinski definition) is 6. The van der Waals surface area contributed by atoms with Crippen molar-refractivity contribution in [3.63, 3.8) is 0 Å². The molecule has 3 atom stereocenters. The fraction of sp³-hybridized carbons (Fsp3) is 0.545. The number of carboxylic acid groups (broad SMARTS) is 2. The molecule has 0 aliphatic carbocycles. The van der Waals surface area contributed by atoms with Crippen LogP contribution < -0.4 is 0 Å². The Bertz CT molecular complexity index is 468. The van der Waals surface area contributed by atoms with Gasteiger partial charge in [-0.05, 0) is 12.5 Å². The zero-order valence-electron chi connectivity index (χ0n) is 12.5. The molecule has 0 saturated carbocycles. The predicted octanol–water partition coefficient (Wildman–Crippen LogP) is -2.70. The van der Waals surface area contributed by atoms with Crippen LogP contribution in [0.5, 0.6) is 0 Å². The maximum Gasteiger partial charge on any atom is 0.377 e. The van der Waals surface area contributed by atoms with Gasteiger partial charge in [0.2, 0.25) is 5.76 Å². The molecule has 0 aromatic carbocycles. The Morgan fingerprint density at radius 3 is 1.96 bits per heavy atom. The minimum absolute atomic E-state index is 0. The average molecular weight is 413 g/mol. The normalized spacial score (nSPS) is 17.4. The molecule has 0 bridgehead atoms. The summed E-state index contributed by atoms with van der Waals surface area (Å²) >= 11 is 0. The van der Waals surface area contributed by atoms with E-state index in [1.807, 2.05) is 0 Å². The third-order valence-corrected chi connectivity index (χ3v) is 2.42. The summed E-state index contributed by atoms with van der Waals surface area (Å²) in [5.41, 5.74) is 6.76. The summed E-state index contributed by atoms with van der Waals surface area (Å²) in [6.45, 7) is -0.671. The number of aliphatic hydroxyl groups is 4. The Morgan fingerprint density at radius 1 is 1.20 bits per heavy atom. The van der Waals surface area contributed by atoms with Crippen LogP contribution in [-0.4, -0.2) is 84.4 Å². The van der Waals surface area contributed by atoms with Crippen molar-refractivity contribution in [3.05, 3.63) is 17.3 Å². The van der Waals surface area contributed by atoms with Crippen LogP contribution in [0, 0.1) is 0 Å². The van der Waals surface area contributed by atoms with Gasteiger partial charge in [0.25, 0.3) is 5.97 Å². The number of esters is 1. The van der Waals surface area contributed by atoms with Crippen molar-refractivity contribution in [2.24, 2.45) is 0 Å². The summed E-state index contributed by atoms with van der Waals surface area (Å²) in [5, 5.41) is 51.2. The van der Waals surface area contributed by atoms with Crippen LogP contribution in [0.2, 0.25) is 0 Å². The summed E-state index contributed by atoms with van der Waals surface area (Å²) in [7, 11) is 0. The van der Waals surface area contributed by atoms with Gasteiger partial charge in [-0.2, -0.15) is 0 Å². The molecule has 13 nitrogen and oxygen atoms in total. The molecule has 1 aliphatic heterocycles. The number of carbonyl (C=O) groups is 3. The second kappa shape index (κ2) is 14.4. The number of rotatable bonds is 6. The molecule has 0 aromatic rings. The Morgan fingerprint density at radius 2 is 1.68 bits per heavy atom. The molecule has 14 heteroatoms. The van der Waals surface area contributed by atoms with Crippen LogP contribution >= 0.6 is 0 Å². The smallest absolute Gasteiger partial charge is 0.377 e. The first-order valence-corrected chi connectivity index (χ1v) is 5.89. The van der Waals surface area contributed by atoms with Crippen molar-refractivity contribution in [2.45, 2.75) is 31.1 Å². The number of cyclic esters (lactones) is 1. The van der Waals surface area contributed by atoms with Gasteiger partial charge in [0.1, 0.15) is 6.10 Å². The Hall–Kier alpha value is -1.93. The Balaban J connectivity index is -0.000000160. The van der Waals surface area contributed by atoms with Gasteiger partial charge in [-0.1, -0.05) is 0 Å². The molecule has 0 aromatic heterocycles. The molecule has 1 rings (SSSR count). The van der Waals surface area contributed by atoms with Crippen LogP contribution in [0.25, 0.3) is 5.73 Å². The molecule has 0 spiro atoms. The maximum atomic E-state index is 10.5. The fourth-order valence-corrected chi connectivity index (χ4v) is 1.21. The number of ether oxygens (including phenoxy) is 1. The third kappa shape index (κ3) is 10.5. The van der Waals surface area contributed by atoms with E-state index in [0.717, 1.165) is 0 Å². The number of carbonyl (C=O) groups excluding carboxylic acids is 1. The van der Waals surface area contributed by atoms with E-state index >= 15 is 0 Å². The molecule has 0 amide bonds. The summed E-state index contributed by atoms with van der Waals surface area (Å²) < 4.78 is 4.32. The molecule has 1 aliphatic rings. The minimum Gasteiger partial charge on any atom is -0.665 e. The number of aliphatic hydroxyl groups excluding tert-OH is 4. The molecule has 149 valence electrons.